The van der Waals surface area contributed by atoms with Gasteiger partial charge in [0.15, 0.2) is 0 Å². The van der Waals surface area contributed by atoms with Crippen LogP contribution in [0.2, 0.25) is 0 Å². The lowest BCUT2D eigenvalue weighted by Gasteiger charge is -2.24. The molecular formula is C22H24N4OS. The molecule has 1 aliphatic heterocycles. The van der Waals surface area contributed by atoms with E-state index >= 15 is 0 Å². The van der Waals surface area contributed by atoms with Gasteiger partial charge in [0.2, 0.25) is 11.0 Å². The van der Waals surface area contributed by atoms with Crippen molar-refractivity contribution in [1.29, 1.82) is 0 Å². The Hall–Kier alpha value is -2.73. The summed E-state index contributed by atoms with van der Waals surface area (Å²) in [6.07, 6.45) is 2.91. The van der Waals surface area contributed by atoms with Crippen LogP contribution >= 0.6 is 11.5 Å². The number of nitrogens with zero attached hydrogens (tertiary/aromatic N) is 4. The molecular weight excluding hydrogens is 368 g/mol. The molecule has 1 saturated heterocycles. The quantitative estimate of drug-likeness (QED) is 0.614. The Morgan fingerprint density at radius 3 is 2.29 bits per heavy atom. The summed E-state index contributed by atoms with van der Waals surface area (Å²) >= 11 is 1.37. The van der Waals surface area contributed by atoms with Gasteiger partial charge in [0.25, 0.3) is 0 Å². The van der Waals surface area contributed by atoms with Crippen LogP contribution in [0.3, 0.4) is 0 Å². The molecule has 1 amide bonds. The Labute approximate surface area is 169 Å². The van der Waals surface area contributed by atoms with Crippen LogP contribution in [0.4, 0.5) is 5.13 Å². The number of carbonyl (C=O) groups is 1. The summed E-state index contributed by atoms with van der Waals surface area (Å²) in [6.45, 7) is 2.73. The fourth-order valence-corrected chi connectivity index (χ4v) is 4.13. The van der Waals surface area contributed by atoms with Gasteiger partial charge in [0.1, 0.15) is 5.82 Å². The number of carbonyl (C=O) groups excluding carboxylic acids is 1. The summed E-state index contributed by atoms with van der Waals surface area (Å²) in [7, 11) is 0. The van der Waals surface area contributed by atoms with E-state index in [1.165, 1.54) is 17.1 Å². The Bertz CT molecular complexity index is 891. The molecule has 1 fully saturated rings. The number of amides is 1. The predicted octanol–water partition coefficient (Wildman–Crippen LogP) is 3.76. The number of anilines is 1. The SMILES string of the molecule is O=C(CN(Cc1ccccc1)c1nc(Cc2ccccc2)ns1)N1CCCC1. The van der Waals surface area contributed by atoms with Crippen molar-refractivity contribution >= 4 is 22.6 Å². The molecule has 144 valence electrons. The topological polar surface area (TPSA) is 49.3 Å². The molecule has 0 bridgehead atoms. The van der Waals surface area contributed by atoms with Gasteiger partial charge in [-0.2, -0.15) is 4.37 Å². The normalized spacial score (nSPS) is 13.6. The van der Waals surface area contributed by atoms with Crippen LogP contribution in [0.5, 0.6) is 0 Å². The number of likely N-dealkylation sites (tertiary alicyclic amines) is 1. The van der Waals surface area contributed by atoms with Crippen LogP contribution in [0.1, 0.15) is 29.8 Å². The Morgan fingerprint density at radius 1 is 0.964 bits per heavy atom. The van der Waals surface area contributed by atoms with Gasteiger partial charge in [-0.15, -0.1) is 0 Å². The standard InChI is InChI=1S/C22H24N4OS/c27-21(25-13-7-8-14-25)17-26(16-19-11-5-2-6-12-19)22-23-20(24-28-22)15-18-9-3-1-4-10-18/h1-6,9-12H,7-8,13-17H2. The van der Waals surface area contributed by atoms with Crippen molar-refractivity contribution in [3.05, 3.63) is 77.6 Å². The van der Waals surface area contributed by atoms with Gasteiger partial charge in [-0.25, -0.2) is 4.98 Å². The molecule has 28 heavy (non-hydrogen) atoms. The van der Waals surface area contributed by atoms with Crippen molar-refractivity contribution in [2.75, 3.05) is 24.5 Å². The van der Waals surface area contributed by atoms with E-state index in [-0.39, 0.29) is 5.91 Å². The zero-order valence-electron chi connectivity index (χ0n) is 15.8. The van der Waals surface area contributed by atoms with Crippen LogP contribution in [-0.4, -0.2) is 39.8 Å². The van der Waals surface area contributed by atoms with Crippen LogP contribution in [-0.2, 0) is 17.8 Å². The van der Waals surface area contributed by atoms with E-state index in [0.29, 0.717) is 19.5 Å². The number of benzene rings is 2. The van der Waals surface area contributed by atoms with E-state index in [0.717, 1.165) is 42.5 Å². The first kappa shape index (κ1) is 18.6. The van der Waals surface area contributed by atoms with Gasteiger partial charge in [-0.3, -0.25) is 4.79 Å². The van der Waals surface area contributed by atoms with E-state index < -0.39 is 0 Å². The number of aromatic nitrogens is 2. The molecule has 6 heteroatoms. The van der Waals surface area contributed by atoms with Crippen molar-refractivity contribution in [3.63, 3.8) is 0 Å². The van der Waals surface area contributed by atoms with Crippen LogP contribution in [0.25, 0.3) is 0 Å². The first-order valence-corrected chi connectivity index (χ1v) is 10.5. The Balaban J connectivity index is 1.51. The molecule has 0 spiro atoms. The van der Waals surface area contributed by atoms with Gasteiger partial charge in [0, 0.05) is 37.6 Å². The Kier molecular flexibility index (Phi) is 5.97. The molecule has 0 radical (unpaired) electrons. The third-order valence-electron chi connectivity index (χ3n) is 4.93. The van der Waals surface area contributed by atoms with Gasteiger partial charge < -0.3 is 9.80 Å². The highest BCUT2D eigenvalue weighted by Gasteiger charge is 2.22. The van der Waals surface area contributed by atoms with Gasteiger partial charge >= 0.3 is 0 Å². The van der Waals surface area contributed by atoms with Crippen molar-refractivity contribution in [1.82, 2.24) is 14.3 Å². The fraction of sp³-hybridized carbons (Fsp3) is 0.318. The van der Waals surface area contributed by atoms with E-state index in [9.17, 15) is 4.79 Å². The summed E-state index contributed by atoms with van der Waals surface area (Å²) in [5.74, 6) is 0.978. The maximum atomic E-state index is 12.8. The summed E-state index contributed by atoms with van der Waals surface area (Å²) < 4.78 is 4.54. The second-order valence-corrected chi connectivity index (χ2v) is 7.82. The summed E-state index contributed by atoms with van der Waals surface area (Å²) in [5.41, 5.74) is 2.35. The molecule has 0 N–H and O–H groups in total. The zero-order valence-corrected chi connectivity index (χ0v) is 16.6. The number of rotatable bonds is 7. The van der Waals surface area contributed by atoms with Crippen LogP contribution in [0, 0.1) is 0 Å². The minimum absolute atomic E-state index is 0.174. The fourth-order valence-electron chi connectivity index (χ4n) is 3.45. The number of hydrogen-bond donors (Lipinski definition) is 0. The van der Waals surface area contributed by atoms with Crippen LogP contribution in [0.15, 0.2) is 60.7 Å². The minimum atomic E-state index is 0.174. The van der Waals surface area contributed by atoms with Crippen molar-refractivity contribution < 1.29 is 4.79 Å². The molecule has 0 aliphatic carbocycles. The van der Waals surface area contributed by atoms with E-state index in [1.54, 1.807) is 0 Å². The second kappa shape index (κ2) is 8.97. The van der Waals surface area contributed by atoms with Crippen molar-refractivity contribution in [3.8, 4) is 0 Å². The third kappa shape index (κ3) is 4.75. The van der Waals surface area contributed by atoms with Gasteiger partial charge in [-0.1, -0.05) is 60.7 Å². The second-order valence-electron chi connectivity index (χ2n) is 7.09. The minimum Gasteiger partial charge on any atom is -0.341 e. The van der Waals surface area contributed by atoms with E-state index in [4.69, 9.17) is 4.98 Å². The summed E-state index contributed by atoms with van der Waals surface area (Å²) in [6, 6.07) is 20.4. The molecule has 1 aliphatic rings. The number of hydrogen-bond acceptors (Lipinski definition) is 5. The predicted molar refractivity (Wildman–Crippen MR) is 112 cm³/mol. The molecule has 5 nitrogen and oxygen atoms in total. The zero-order chi connectivity index (χ0) is 19.2. The van der Waals surface area contributed by atoms with E-state index in [1.807, 2.05) is 41.3 Å². The van der Waals surface area contributed by atoms with Crippen molar-refractivity contribution in [2.45, 2.75) is 25.8 Å². The largest absolute Gasteiger partial charge is 0.341 e. The average Bonchev–Trinajstić information content (AvgIpc) is 3.41. The summed E-state index contributed by atoms with van der Waals surface area (Å²) in [5, 5.41) is 0.808. The molecule has 1 aromatic heterocycles. The molecule has 0 atom stereocenters. The first-order valence-electron chi connectivity index (χ1n) is 9.71. The van der Waals surface area contributed by atoms with Crippen LogP contribution < -0.4 is 4.90 Å². The van der Waals surface area contributed by atoms with Gasteiger partial charge in [0.05, 0.1) is 6.54 Å². The molecule has 3 aromatic rings. The Morgan fingerprint density at radius 2 is 1.61 bits per heavy atom. The van der Waals surface area contributed by atoms with Gasteiger partial charge in [-0.05, 0) is 24.0 Å². The molecule has 2 aromatic carbocycles. The maximum absolute atomic E-state index is 12.8. The average molecular weight is 393 g/mol. The molecule has 4 rings (SSSR count). The molecule has 0 unspecified atom stereocenters. The third-order valence-corrected chi connectivity index (χ3v) is 5.75. The van der Waals surface area contributed by atoms with Crippen molar-refractivity contribution in [2.24, 2.45) is 0 Å². The highest BCUT2D eigenvalue weighted by atomic mass is 32.1. The molecule has 2 heterocycles. The summed E-state index contributed by atoms with van der Waals surface area (Å²) in [4.78, 5) is 21.5. The highest BCUT2D eigenvalue weighted by Crippen LogP contribution is 2.22. The lowest BCUT2D eigenvalue weighted by Crippen LogP contribution is -2.38. The maximum Gasteiger partial charge on any atom is 0.242 e. The lowest BCUT2D eigenvalue weighted by atomic mass is 10.1. The highest BCUT2D eigenvalue weighted by molar-refractivity contribution is 7.09. The smallest absolute Gasteiger partial charge is 0.242 e. The van der Waals surface area contributed by atoms with E-state index in [2.05, 4.69) is 33.5 Å². The monoisotopic (exact) mass is 392 g/mol. The molecule has 0 saturated carbocycles. The first-order chi connectivity index (χ1) is 13.8. The lowest BCUT2D eigenvalue weighted by molar-refractivity contribution is -0.128.